The highest BCUT2D eigenvalue weighted by atomic mass is 32.2. The van der Waals surface area contributed by atoms with Crippen molar-refractivity contribution in [1.29, 1.82) is 0 Å². The Morgan fingerprint density at radius 3 is 2.00 bits per heavy atom. The second kappa shape index (κ2) is 7.92. The summed E-state index contributed by atoms with van der Waals surface area (Å²) in [4.78, 5) is 0.274. The molecule has 0 atom stereocenters. The number of sulfonamides is 1. The molecule has 5 heteroatoms. The highest BCUT2D eigenvalue weighted by Crippen LogP contribution is 2.20. The number of hydrogen-bond donors (Lipinski definition) is 2. The Bertz CT molecular complexity index is 513. The maximum absolute atomic E-state index is 12.3. The second-order valence-corrected chi connectivity index (χ2v) is 7.89. The maximum Gasteiger partial charge on any atom is 0.240 e. The molecule has 120 valence electrons. The molecule has 0 spiro atoms. The summed E-state index contributed by atoms with van der Waals surface area (Å²) in [5, 5.41) is 8.87. The lowest BCUT2D eigenvalue weighted by Gasteiger charge is -2.25. The minimum Gasteiger partial charge on any atom is -0.396 e. The van der Waals surface area contributed by atoms with Gasteiger partial charge in [-0.05, 0) is 41.9 Å². The van der Waals surface area contributed by atoms with Gasteiger partial charge in [-0.25, -0.2) is 13.1 Å². The fourth-order valence-electron chi connectivity index (χ4n) is 2.49. The van der Waals surface area contributed by atoms with Gasteiger partial charge in [-0.1, -0.05) is 39.8 Å². The van der Waals surface area contributed by atoms with Gasteiger partial charge in [0.1, 0.15) is 0 Å². The quantitative estimate of drug-likeness (QED) is 0.774. The van der Waals surface area contributed by atoms with Crippen molar-refractivity contribution in [3.8, 4) is 0 Å². The van der Waals surface area contributed by atoms with Gasteiger partial charge in [-0.3, -0.25) is 0 Å². The molecular weight excluding hydrogens is 286 g/mol. The first kappa shape index (κ1) is 18.1. The van der Waals surface area contributed by atoms with Crippen LogP contribution in [0.15, 0.2) is 29.2 Å². The van der Waals surface area contributed by atoms with Crippen LogP contribution in [0.25, 0.3) is 0 Å². The Labute approximate surface area is 128 Å². The van der Waals surface area contributed by atoms with Crippen molar-refractivity contribution in [2.24, 2.45) is 17.8 Å². The van der Waals surface area contributed by atoms with Crippen LogP contribution in [-0.4, -0.2) is 26.7 Å². The third-order valence-corrected chi connectivity index (χ3v) is 5.30. The summed E-state index contributed by atoms with van der Waals surface area (Å²) in [6.07, 6.45) is 0.538. The molecular formula is C16H27NO3S. The van der Waals surface area contributed by atoms with E-state index in [2.05, 4.69) is 32.4 Å². The van der Waals surface area contributed by atoms with Crippen molar-refractivity contribution in [2.45, 2.75) is 39.0 Å². The van der Waals surface area contributed by atoms with E-state index in [0.29, 0.717) is 30.7 Å². The van der Waals surface area contributed by atoms with Crippen LogP contribution in [-0.2, 0) is 16.4 Å². The van der Waals surface area contributed by atoms with Gasteiger partial charge in [-0.15, -0.1) is 0 Å². The van der Waals surface area contributed by atoms with Crippen molar-refractivity contribution in [1.82, 2.24) is 4.72 Å². The van der Waals surface area contributed by atoms with Gasteiger partial charge in [-0.2, -0.15) is 0 Å². The smallest absolute Gasteiger partial charge is 0.240 e. The number of hydrogen-bond acceptors (Lipinski definition) is 3. The van der Waals surface area contributed by atoms with Crippen LogP contribution < -0.4 is 4.72 Å². The molecule has 0 aromatic heterocycles. The zero-order valence-corrected chi connectivity index (χ0v) is 14.2. The number of nitrogens with one attached hydrogen (secondary N) is 1. The van der Waals surface area contributed by atoms with E-state index in [-0.39, 0.29) is 11.5 Å². The Morgan fingerprint density at radius 2 is 1.57 bits per heavy atom. The lowest BCUT2D eigenvalue weighted by Crippen LogP contribution is -2.33. The topological polar surface area (TPSA) is 66.4 Å². The molecule has 1 aromatic rings. The highest BCUT2D eigenvalue weighted by Gasteiger charge is 2.21. The molecule has 0 saturated carbocycles. The van der Waals surface area contributed by atoms with Crippen molar-refractivity contribution < 1.29 is 13.5 Å². The monoisotopic (exact) mass is 313 g/mol. The van der Waals surface area contributed by atoms with Crippen LogP contribution in [0, 0.1) is 17.8 Å². The average Bonchev–Trinajstić information content (AvgIpc) is 2.39. The third-order valence-electron chi connectivity index (χ3n) is 3.86. The van der Waals surface area contributed by atoms with Gasteiger partial charge in [0.2, 0.25) is 10.0 Å². The summed E-state index contributed by atoms with van der Waals surface area (Å²) in [6.45, 7) is 8.97. The van der Waals surface area contributed by atoms with E-state index in [1.807, 2.05) is 0 Å². The number of benzene rings is 1. The normalized spacial score (nSPS) is 12.6. The predicted molar refractivity (Wildman–Crippen MR) is 85.6 cm³/mol. The molecule has 0 heterocycles. The first-order chi connectivity index (χ1) is 9.77. The van der Waals surface area contributed by atoms with E-state index in [1.54, 1.807) is 24.3 Å². The molecule has 0 aliphatic carbocycles. The molecule has 21 heavy (non-hydrogen) atoms. The molecule has 0 fully saturated rings. The van der Waals surface area contributed by atoms with E-state index in [0.717, 1.165) is 5.56 Å². The van der Waals surface area contributed by atoms with Gasteiger partial charge < -0.3 is 5.11 Å². The average molecular weight is 313 g/mol. The molecule has 4 nitrogen and oxygen atoms in total. The van der Waals surface area contributed by atoms with Crippen molar-refractivity contribution in [3.63, 3.8) is 0 Å². The summed E-state index contributed by atoms with van der Waals surface area (Å²) in [5.41, 5.74) is 0.929. The van der Waals surface area contributed by atoms with Crippen LogP contribution in [0.1, 0.15) is 33.3 Å². The maximum atomic E-state index is 12.3. The molecule has 0 radical (unpaired) electrons. The van der Waals surface area contributed by atoms with E-state index in [4.69, 9.17) is 5.11 Å². The zero-order chi connectivity index (χ0) is 16.0. The van der Waals surface area contributed by atoms with Gasteiger partial charge in [0, 0.05) is 13.2 Å². The minimum atomic E-state index is -3.47. The summed E-state index contributed by atoms with van der Waals surface area (Å²) < 4.78 is 27.3. The Hall–Kier alpha value is -0.910. The van der Waals surface area contributed by atoms with Crippen molar-refractivity contribution in [3.05, 3.63) is 29.8 Å². The molecule has 0 amide bonds. The minimum absolute atomic E-state index is 0.0643. The summed E-state index contributed by atoms with van der Waals surface area (Å²) >= 11 is 0. The third kappa shape index (κ3) is 5.41. The number of aliphatic hydroxyl groups is 1. The van der Waals surface area contributed by atoms with Crippen LogP contribution in [0.5, 0.6) is 0 Å². The first-order valence-electron chi connectivity index (χ1n) is 7.47. The first-order valence-corrected chi connectivity index (χ1v) is 8.95. The van der Waals surface area contributed by atoms with Gasteiger partial charge in [0.15, 0.2) is 0 Å². The van der Waals surface area contributed by atoms with Gasteiger partial charge in [0.25, 0.3) is 0 Å². The molecule has 0 aliphatic heterocycles. The summed E-state index contributed by atoms with van der Waals surface area (Å²) in [5.74, 6) is 1.17. The Kier molecular flexibility index (Phi) is 6.84. The molecule has 0 saturated heterocycles. The number of aliphatic hydroxyl groups excluding tert-OH is 1. The van der Waals surface area contributed by atoms with E-state index < -0.39 is 10.0 Å². The summed E-state index contributed by atoms with van der Waals surface area (Å²) in [7, 11) is -3.47. The molecule has 0 bridgehead atoms. The lowest BCUT2D eigenvalue weighted by molar-refractivity contribution is 0.289. The molecule has 1 aromatic carbocycles. The number of rotatable bonds is 8. The van der Waals surface area contributed by atoms with Gasteiger partial charge in [0.05, 0.1) is 4.90 Å². The van der Waals surface area contributed by atoms with E-state index in [1.165, 1.54) is 0 Å². The fraction of sp³-hybridized carbons (Fsp3) is 0.625. The molecule has 1 rings (SSSR count). The van der Waals surface area contributed by atoms with Crippen molar-refractivity contribution >= 4 is 10.0 Å². The Morgan fingerprint density at radius 1 is 1.05 bits per heavy atom. The standard InChI is InChI=1S/C16H27NO3S/c1-12(2)16(13(3)4)11-17-21(19,20)15-7-5-14(6-8-15)9-10-18/h5-8,12-13,16-18H,9-11H2,1-4H3. The van der Waals surface area contributed by atoms with Crippen molar-refractivity contribution in [2.75, 3.05) is 13.2 Å². The molecule has 0 unspecified atom stereocenters. The Balaban J connectivity index is 2.77. The SMILES string of the molecule is CC(C)C(CNS(=O)(=O)c1ccc(CCO)cc1)C(C)C. The lowest BCUT2D eigenvalue weighted by atomic mass is 9.86. The van der Waals surface area contributed by atoms with Gasteiger partial charge >= 0.3 is 0 Å². The van der Waals surface area contributed by atoms with E-state index >= 15 is 0 Å². The van der Waals surface area contributed by atoms with Crippen LogP contribution in [0.3, 0.4) is 0 Å². The summed E-state index contributed by atoms with van der Waals surface area (Å²) in [6, 6.07) is 6.67. The van der Waals surface area contributed by atoms with E-state index in [9.17, 15) is 8.42 Å². The zero-order valence-electron chi connectivity index (χ0n) is 13.3. The van der Waals surface area contributed by atoms with Crippen LogP contribution >= 0.6 is 0 Å². The molecule has 2 N–H and O–H groups in total. The highest BCUT2D eigenvalue weighted by molar-refractivity contribution is 7.89. The fourth-order valence-corrected chi connectivity index (χ4v) is 3.57. The van der Waals surface area contributed by atoms with Crippen LogP contribution in [0.2, 0.25) is 0 Å². The largest absolute Gasteiger partial charge is 0.396 e. The second-order valence-electron chi connectivity index (χ2n) is 6.12. The molecule has 0 aliphatic rings. The van der Waals surface area contributed by atoms with Crippen LogP contribution in [0.4, 0.5) is 0 Å². The predicted octanol–water partition coefficient (Wildman–Crippen LogP) is 2.43.